The van der Waals surface area contributed by atoms with Gasteiger partial charge >= 0.3 is 0 Å². The molecule has 7 heteroatoms. The molecule has 10 unspecified atom stereocenters. The third kappa shape index (κ3) is 35.9. The van der Waals surface area contributed by atoms with Gasteiger partial charge in [0, 0.05) is 110 Å². The molecule has 0 spiro atoms. The number of hydrogen-bond acceptors (Lipinski definition) is 7. The van der Waals surface area contributed by atoms with E-state index in [1.807, 2.05) is 0 Å². The lowest BCUT2D eigenvalue weighted by atomic mass is 9.97. The molecule has 11 aliphatic rings. The second kappa shape index (κ2) is 35.6. The molecule has 0 bridgehead atoms. The van der Waals surface area contributed by atoms with Crippen molar-refractivity contribution >= 4 is 0 Å². The van der Waals surface area contributed by atoms with Crippen LogP contribution in [0.4, 0.5) is 0 Å². The van der Waals surface area contributed by atoms with Crippen LogP contribution in [0.3, 0.4) is 0 Å². The van der Waals surface area contributed by atoms with Crippen LogP contribution in [0.15, 0.2) is 0 Å². The number of nitrogens with zero attached hydrogens (tertiary/aromatic N) is 7. The Bertz CT molecular complexity index is 2440. The van der Waals surface area contributed by atoms with E-state index in [1.54, 1.807) is 0 Å². The summed E-state index contributed by atoms with van der Waals surface area (Å²) in [6.07, 6.45) is 9.97. The fourth-order valence-electron chi connectivity index (χ4n) is 13.3. The number of rotatable bonds is 7. The highest BCUT2D eigenvalue weighted by Crippen LogP contribution is 2.47. The highest BCUT2D eigenvalue weighted by Gasteiger charge is 2.48. The van der Waals surface area contributed by atoms with Crippen LogP contribution in [-0.2, 0) is 0 Å². The maximum Gasteiger partial charge on any atom is 0.0686 e. The summed E-state index contributed by atoms with van der Waals surface area (Å²) < 4.78 is 0. The Hall–Kier alpha value is -3.36. The molecule has 0 N–H and O–H groups in total. The minimum absolute atomic E-state index is 0.150. The molecule has 4 aliphatic carbocycles. The predicted octanol–water partition coefficient (Wildman–Crippen LogP) is 16.2. The third-order valence-corrected chi connectivity index (χ3v) is 19.3. The van der Waals surface area contributed by atoms with Crippen molar-refractivity contribution in [2.75, 3.05) is 118 Å². The summed E-state index contributed by atoms with van der Waals surface area (Å²) in [5.41, 5.74) is 1.09. The summed E-state index contributed by atoms with van der Waals surface area (Å²) in [7, 11) is 0. The van der Waals surface area contributed by atoms with E-state index in [9.17, 15) is 0 Å². The summed E-state index contributed by atoms with van der Waals surface area (Å²) >= 11 is 0. The zero-order chi connectivity index (χ0) is 70.2. The van der Waals surface area contributed by atoms with Gasteiger partial charge < -0.3 is 0 Å². The van der Waals surface area contributed by atoms with E-state index >= 15 is 0 Å². The van der Waals surface area contributed by atoms with Crippen LogP contribution in [0, 0.1) is 186 Å². The van der Waals surface area contributed by atoms with Crippen molar-refractivity contribution in [1.29, 1.82) is 0 Å². The number of piperidine rings is 4. The maximum absolute atomic E-state index is 3.38. The van der Waals surface area contributed by atoms with E-state index in [-0.39, 0.29) is 37.9 Å². The summed E-state index contributed by atoms with van der Waals surface area (Å²) in [6, 6.07) is 1.38. The lowest BCUT2D eigenvalue weighted by molar-refractivity contribution is 0.276. The molecular weight excluding hydrogens is 1140 g/mol. The van der Waals surface area contributed by atoms with Crippen molar-refractivity contribution in [2.45, 2.75) is 250 Å². The lowest BCUT2D eigenvalue weighted by Gasteiger charge is -2.21. The fraction of sp³-hybridized carbons (Fsp3) is 0.839. The van der Waals surface area contributed by atoms with Crippen molar-refractivity contribution in [1.82, 2.24) is 34.3 Å². The van der Waals surface area contributed by atoms with Crippen LogP contribution in [-0.4, -0.2) is 170 Å². The van der Waals surface area contributed by atoms with E-state index in [0.717, 1.165) is 91.3 Å². The van der Waals surface area contributed by atoms with Gasteiger partial charge in [0.1, 0.15) is 0 Å². The fourth-order valence-corrected chi connectivity index (χ4v) is 13.3. The van der Waals surface area contributed by atoms with Crippen LogP contribution in [0.5, 0.6) is 0 Å². The minimum atomic E-state index is 0.150. The summed E-state index contributed by atoms with van der Waals surface area (Å²) in [5, 5.41) is 0. The quantitative estimate of drug-likeness (QED) is 0.234. The molecule has 7 nitrogen and oxygen atoms in total. The van der Waals surface area contributed by atoms with Gasteiger partial charge in [0.2, 0.25) is 0 Å². The zero-order valence-electron chi connectivity index (χ0n) is 66.4. The summed E-state index contributed by atoms with van der Waals surface area (Å²) in [5.74, 6) is 57.2. The predicted molar refractivity (Wildman–Crippen MR) is 407 cm³/mol. The molecule has 0 aromatic carbocycles. The molecule has 11 rings (SSSR count). The largest absolute Gasteiger partial charge is 0.292 e. The highest BCUT2D eigenvalue weighted by atomic mass is 15.2. The smallest absolute Gasteiger partial charge is 0.0686 e. The van der Waals surface area contributed by atoms with Gasteiger partial charge in [0.15, 0.2) is 0 Å². The van der Waals surface area contributed by atoms with E-state index in [4.69, 9.17) is 0 Å². The second-order valence-electron chi connectivity index (χ2n) is 38.8. The molecule has 14 atom stereocenters. The SMILES string of the molecule is CC(C#CC(C)(C)C)N1CC2CC2C1.CC(C)(C)C#CCN1CC2CC2C1.CC1CCN(CC#CC(C)(C)C)C1.C[C@@H](C#CC(C)(C)C)N1CC2CC2C1.C[C@@H]1CCN(CC#CC(C)(C)C)C1.C[C@H](C#CC(C)(C)C)N1CC2CC2C1.C[C@H]1CCN(CC#CC(C)(C)C)C1. The van der Waals surface area contributed by atoms with Gasteiger partial charge in [-0.2, -0.15) is 0 Å². The standard InChI is InChI=1S/3C13H21N.C12H19N.3C12H21N/c3*1-10(5-6-13(2,3)4)14-8-11-7-12(11)9-14;1-12(2,3)5-4-6-13-8-10-7-11(10)9-13;3*1-11-6-9-13(10-11)8-5-7-12(2,3)4/h3*10-12H,7-9H2,1-4H3;10-11H,6-9H2,1-3H3;3*11H,6,8-10H2,1-4H3/t2*10-,11?,12?;;;2*11-;/m10..10./s1. The zero-order valence-corrected chi connectivity index (χ0v) is 66.4. The first-order chi connectivity index (χ1) is 43.3. The van der Waals surface area contributed by atoms with Gasteiger partial charge in [-0.05, 0) is 296 Å². The lowest BCUT2D eigenvalue weighted by Crippen LogP contribution is -2.31. The highest BCUT2D eigenvalue weighted by molar-refractivity contribution is 5.18. The average Bonchev–Trinajstić information content (AvgIpc) is 1.66. The number of fused-ring (bicyclic) bond motifs is 4. The molecule has 11 fully saturated rings. The van der Waals surface area contributed by atoms with Crippen LogP contribution in [0.2, 0.25) is 0 Å². The molecule has 94 heavy (non-hydrogen) atoms. The Balaban J connectivity index is 0.000000199. The Morgan fingerprint density at radius 1 is 0.266 bits per heavy atom. The van der Waals surface area contributed by atoms with E-state index in [0.29, 0.717) is 18.1 Å². The van der Waals surface area contributed by atoms with E-state index in [2.05, 4.69) is 304 Å². The topological polar surface area (TPSA) is 22.7 Å². The molecule has 7 heterocycles. The Kier molecular flexibility index (Phi) is 30.8. The monoisotopic (exact) mass is 1290 g/mol. The normalized spacial score (nSPS) is 29.3. The number of likely N-dealkylation sites (tertiary alicyclic amines) is 7. The van der Waals surface area contributed by atoms with Gasteiger partial charge in [-0.1, -0.05) is 104 Å². The molecule has 4 saturated carbocycles. The Labute approximate surface area is 584 Å². The van der Waals surface area contributed by atoms with Gasteiger partial charge in [0.05, 0.1) is 44.3 Å². The van der Waals surface area contributed by atoms with Crippen molar-refractivity contribution in [3.8, 4) is 82.9 Å². The van der Waals surface area contributed by atoms with E-state index < -0.39 is 0 Å². The third-order valence-electron chi connectivity index (χ3n) is 19.3. The van der Waals surface area contributed by atoms with Gasteiger partial charge in [0.25, 0.3) is 0 Å². The molecule has 7 aliphatic heterocycles. The summed E-state index contributed by atoms with van der Waals surface area (Å²) in [4.78, 5) is 17.5. The van der Waals surface area contributed by atoms with Crippen LogP contribution < -0.4 is 0 Å². The second-order valence-corrected chi connectivity index (χ2v) is 38.8. The Morgan fingerprint density at radius 3 is 0.638 bits per heavy atom. The molecule has 0 amide bonds. The molecule has 7 saturated heterocycles. The van der Waals surface area contributed by atoms with Crippen LogP contribution in [0.25, 0.3) is 0 Å². The van der Waals surface area contributed by atoms with Gasteiger partial charge in [-0.15, -0.1) is 0 Å². The Morgan fingerprint density at radius 2 is 0.457 bits per heavy atom. The molecule has 0 radical (unpaired) electrons. The van der Waals surface area contributed by atoms with Crippen molar-refractivity contribution in [2.24, 2.45) is 103 Å². The van der Waals surface area contributed by atoms with Gasteiger partial charge in [-0.25, -0.2) is 0 Å². The van der Waals surface area contributed by atoms with Crippen molar-refractivity contribution < 1.29 is 0 Å². The first-order valence-electron chi connectivity index (χ1n) is 38.0. The van der Waals surface area contributed by atoms with Crippen LogP contribution >= 0.6 is 0 Å². The minimum Gasteiger partial charge on any atom is -0.292 e. The summed E-state index contributed by atoms with van der Waals surface area (Å²) in [6.45, 7) is 80.9. The average molecular weight is 1290 g/mol. The molecule has 0 aromatic heterocycles. The van der Waals surface area contributed by atoms with E-state index in [1.165, 1.54) is 137 Å². The first kappa shape index (κ1) is 81.3. The number of hydrogen-bond donors (Lipinski definition) is 0. The van der Waals surface area contributed by atoms with Crippen molar-refractivity contribution in [3.63, 3.8) is 0 Å². The molecular formula is C87H145N7. The molecule has 528 valence electrons. The van der Waals surface area contributed by atoms with Gasteiger partial charge in [-0.3, -0.25) is 34.3 Å². The first-order valence-corrected chi connectivity index (χ1v) is 38.0. The molecule has 0 aromatic rings. The van der Waals surface area contributed by atoms with Crippen LogP contribution in [0.1, 0.15) is 232 Å². The van der Waals surface area contributed by atoms with Crippen molar-refractivity contribution in [3.05, 3.63) is 0 Å². The maximum atomic E-state index is 3.38.